The van der Waals surface area contributed by atoms with Gasteiger partial charge < -0.3 is 4.74 Å². The molecule has 2 aromatic heterocycles. The maximum atomic E-state index is 12.3. The van der Waals surface area contributed by atoms with E-state index in [4.69, 9.17) is 16.3 Å². The summed E-state index contributed by atoms with van der Waals surface area (Å²) < 4.78 is 7.15. The van der Waals surface area contributed by atoms with Gasteiger partial charge in [-0.15, -0.1) is 21.5 Å². The number of carbonyl (C=O) groups excluding carboxylic acids is 1. The second-order valence-electron chi connectivity index (χ2n) is 6.90. The Balaban J connectivity index is 1.54. The number of aromatic nitrogens is 3. The highest BCUT2D eigenvalue weighted by atomic mass is 35.5. The summed E-state index contributed by atoms with van der Waals surface area (Å²) in [6, 6.07) is 16.9. The number of carbonyl (C=O) groups is 1. The molecule has 0 radical (unpaired) electrons. The molecule has 0 fully saturated rings. The van der Waals surface area contributed by atoms with E-state index in [9.17, 15) is 4.79 Å². The minimum Gasteiger partial charge on any atom is -0.497 e. The van der Waals surface area contributed by atoms with Crippen LogP contribution in [-0.2, 0) is 4.79 Å². The number of amides is 1. The molecule has 0 saturated heterocycles. The molecule has 2 aromatic carbocycles. The van der Waals surface area contributed by atoms with Crippen LogP contribution in [0.25, 0.3) is 17.1 Å². The molecule has 0 atom stereocenters. The molecule has 0 aliphatic rings. The van der Waals surface area contributed by atoms with E-state index >= 15 is 0 Å². The first kappa shape index (κ1) is 23.0. The number of hydrogen-bond donors (Lipinski definition) is 1. The molecular weight excluding hydrogens is 478 g/mol. The number of ether oxygens (including phenoxy) is 1. The summed E-state index contributed by atoms with van der Waals surface area (Å²) in [7, 11) is 1.62. The van der Waals surface area contributed by atoms with Gasteiger partial charge in [-0.2, -0.15) is 5.10 Å². The summed E-state index contributed by atoms with van der Waals surface area (Å²) in [6.45, 7) is 2.00. The Morgan fingerprint density at radius 1 is 1.18 bits per heavy atom. The van der Waals surface area contributed by atoms with Crippen molar-refractivity contribution in [1.82, 2.24) is 20.2 Å². The first-order valence-corrected chi connectivity index (χ1v) is 12.1. The highest BCUT2D eigenvalue weighted by molar-refractivity contribution is 7.99. The largest absolute Gasteiger partial charge is 0.497 e. The number of hydrogen-bond acceptors (Lipinski definition) is 7. The molecule has 1 N–H and O–H groups in total. The number of thiophene rings is 1. The summed E-state index contributed by atoms with van der Waals surface area (Å²) in [4.78, 5) is 13.3. The second-order valence-corrected chi connectivity index (χ2v) is 9.22. The molecule has 4 rings (SSSR count). The SMILES string of the molecule is COc1ccc(-c2nnc(SCC(=O)N/N=C/c3sccc3C)n2-c2ccc(Cl)cc2)cc1. The summed E-state index contributed by atoms with van der Waals surface area (Å²) in [5, 5.41) is 16.0. The van der Waals surface area contributed by atoms with Gasteiger partial charge in [0.1, 0.15) is 5.75 Å². The maximum Gasteiger partial charge on any atom is 0.250 e. The van der Waals surface area contributed by atoms with Gasteiger partial charge in [0.15, 0.2) is 11.0 Å². The summed E-state index contributed by atoms with van der Waals surface area (Å²) in [5.41, 5.74) is 5.39. The highest BCUT2D eigenvalue weighted by Gasteiger charge is 2.17. The van der Waals surface area contributed by atoms with Gasteiger partial charge in [0.25, 0.3) is 5.91 Å². The molecule has 0 unspecified atom stereocenters. The molecule has 33 heavy (non-hydrogen) atoms. The van der Waals surface area contributed by atoms with E-state index in [1.807, 2.05) is 59.3 Å². The molecule has 0 aliphatic heterocycles. The Bertz CT molecular complexity index is 1270. The van der Waals surface area contributed by atoms with Gasteiger partial charge >= 0.3 is 0 Å². The molecule has 0 bridgehead atoms. The number of thioether (sulfide) groups is 1. The van der Waals surface area contributed by atoms with Crippen LogP contribution in [0.4, 0.5) is 0 Å². The predicted octanol–water partition coefficient (Wildman–Crippen LogP) is 5.21. The number of rotatable bonds is 8. The average Bonchev–Trinajstić information content (AvgIpc) is 3.44. The van der Waals surface area contributed by atoms with E-state index in [-0.39, 0.29) is 11.7 Å². The minimum absolute atomic E-state index is 0.134. The van der Waals surface area contributed by atoms with Gasteiger partial charge in [-0.05, 0) is 72.5 Å². The van der Waals surface area contributed by atoms with Crippen LogP contribution in [-0.4, -0.2) is 39.7 Å². The number of hydrazone groups is 1. The molecule has 168 valence electrons. The third kappa shape index (κ3) is 5.62. The Labute approximate surface area is 204 Å². The van der Waals surface area contributed by atoms with Crippen LogP contribution in [0, 0.1) is 6.92 Å². The standard InChI is InChI=1S/C23H20ClN5O2S2/c1-15-11-12-32-20(15)13-25-26-21(30)14-33-23-28-27-22(16-3-9-19(31-2)10-4-16)29(23)18-7-5-17(24)6-8-18/h3-13H,14H2,1-2H3,(H,26,30)/b25-13+. The van der Waals surface area contributed by atoms with E-state index in [1.54, 1.807) is 36.8 Å². The normalized spacial score (nSPS) is 11.1. The average molecular weight is 498 g/mol. The molecule has 2 heterocycles. The number of methoxy groups -OCH3 is 1. The second kappa shape index (κ2) is 10.7. The van der Waals surface area contributed by atoms with Crippen molar-refractivity contribution in [3.05, 3.63) is 75.4 Å². The predicted molar refractivity (Wildman–Crippen MR) is 134 cm³/mol. The van der Waals surface area contributed by atoms with E-state index in [2.05, 4.69) is 20.7 Å². The van der Waals surface area contributed by atoms with Crippen LogP contribution in [0.3, 0.4) is 0 Å². The Morgan fingerprint density at radius 2 is 1.94 bits per heavy atom. The van der Waals surface area contributed by atoms with E-state index in [0.717, 1.165) is 27.4 Å². The van der Waals surface area contributed by atoms with Gasteiger partial charge in [-0.1, -0.05) is 23.4 Å². The fourth-order valence-electron chi connectivity index (χ4n) is 2.96. The van der Waals surface area contributed by atoms with Gasteiger partial charge in [0, 0.05) is 21.2 Å². The lowest BCUT2D eigenvalue weighted by Crippen LogP contribution is -2.20. The van der Waals surface area contributed by atoms with Crippen molar-refractivity contribution in [3.8, 4) is 22.8 Å². The number of benzene rings is 2. The van der Waals surface area contributed by atoms with Crippen LogP contribution in [0.5, 0.6) is 5.75 Å². The molecule has 0 saturated carbocycles. The minimum atomic E-state index is -0.234. The third-order valence-electron chi connectivity index (χ3n) is 4.67. The zero-order valence-corrected chi connectivity index (χ0v) is 20.2. The first-order valence-electron chi connectivity index (χ1n) is 9.89. The number of nitrogens with zero attached hydrogens (tertiary/aromatic N) is 4. The van der Waals surface area contributed by atoms with Crippen LogP contribution >= 0.6 is 34.7 Å². The van der Waals surface area contributed by atoms with Gasteiger partial charge in [-0.25, -0.2) is 5.43 Å². The Hall–Kier alpha value is -3.14. The fraction of sp³-hybridized carbons (Fsp3) is 0.130. The van der Waals surface area contributed by atoms with Crippen LogP contribution in [0.2, 0.25) is 5.02 Å². The van der Waals surface area contributed by atoms with Crippen molar-refractivity contribution < 1.29 is 9.53 Å². The highest BCUT2D eigenvalue weighted by Crippen LogP contribution is 2.29. The maximum absolute atomic E-state index is 12.3. The first-order chi connectivity index (χ1) is 16.0. The monoisotopic (exact) mass is 497 g/mol. The number of halogens is 1. The van der Waals surface area contributed by atoms with Crippen molar-refractivity contribution in [2.45, 2.75) is 12.1 Å². The van der Waals surface area contributed by atoms with Crippen LogP contribution < -0.4 is 10.2 Å². The molecule has 0 aliphatic carbocycles. The topological polar surface area (TPSA) is 81.4 Å². The summed E-state index contributed by atoms with van der Waals surface area (Å²) in [6.07, 6.45) is 1.65. The third-order valence-corrected chi connectivity index (χ3v) is 6.81. The van der Waals surface area contributed by atoms with Gasteiger partial charge in [0.05, 0.1) is 19.1 Å². The quantitative estimate of drug-likeness (QED) is 0.205. The molecule has 1 amide bonds. The summed E-state index contributed by atoms with van der Waals surface area (Å²) in [5.74, 6) is 1.30. The molecule has 7 nitrogen and oxygen atoms in total. The van der Waals surface area contributed by atoms with Crippen molar-refractivity contribution in [1.29, 1.82) is 0 Å². The number of aryl methyl sites for hydroxylation is 1. The van der Waals surface area contributed by atoms with Crippen LogP contribution in [0.1, 0.15) is 10.4 Å². The Kier molecular flexibility index (Phi) is 7.43. The summed E-state index contributed by atoms with van der Waals surface area (Å²) >= 11 is 8.92. The van der Waals surface area contributed by atoms with Crippen molar-refractivity contribution in [2.75, 3.05) is 12.9 Å². The van der Waals surface area contributed by atoms with Crippen molar-refractivity contribution in [2.24, 2.45) is 5.10 Å². The van der Waals surface area contributed by atoms with E-state index in [0.29, 0.717) is 16.0 Å². The lowest BCUT2D eigenvalue weighted by molar-refractivity contribution is -0.118. The smallest absolute Gasteiger partial charge is 0.250 e. The lowest BCUT2D eigenvalue weighted by Gasteiger charge is -2.11. The zero-order chi connectivity index (χ0) is 23.2. The van der Waals surface area contributed by atoms with Gasteiger partial charge in [-0.3, -0.25) is 9.36 Å². The van der Waals surface area contributed by atoms with Crippen molar-refractivity contribution >= 4 is 46.8 Å². The van der Waals surface area contributed by atoms with Gasteiger partial charge in [0.2, 0.25) is 0 Å². The number of nitrogens with one attached hydrogen (secondary N) is 1. The van der Waals surface area contributed by atoms with Crippen LogP contribution in [0.15, 0.2) is 70.2 Å². The van der Waals surface area contributed by atoms with E-state index in [1.165, 1.54) is 11.8 Å². The fourth-order valence-corrected chi connectivity index (χ4v) is 4.61. The van der Waals surface area contributed by atoms with E-state index < -0.39 is 0 Å². The molecule has 4 aromatic rings. The Morgan fingerprint density at radius 3 is 2.61 bits per heavy atom. The molecule has 0 spiro atoms. The zero-order valence-electron chi connectivity index (χ0n) is 17.9. The van der Waals surface area contributed by atoms with Crippen molar-refractivity contribution in [3.63, 3.8) is 0 Å². The molecular formula is C23H20ClN5O2S2. The lowest BCUT2D eigenvalue weighted by atomic mass is 10.2. The molecule has 10 heteroatoms.